The maximum atomic E-state index is 13.0. The van der Waals surface area contributed by atoms with E-state index in [1.807, 2.05) is 0 Å². The number of benzene rings is 2. The number of phenols is 1. The highest BCUT2D eigenvalue weighted by atomic mass is 79.9. The van der Waals surface area contributed by atoms with E-state index in [-0.39, 0.29) is 29.6 Å². The molecule has 0 aromatic heterocycles. The molecule has 6 nitrogen and oxygen atoms in total. The number of hydrogen-bond donors (Lipinski definition) is 2. The molecular formula is C19H16BrFN2O4. The predicted octanol–water partition coefficient (Wildman–Crippen LogP) is 3.79. The molecule has 0 spiro atoms. The lowest BCUT2D eigenvalue weighted by molar-refractivity contribution is -0.123. The highest BCUT2D eigenvalue weighted by molar-refractivity contribution is 9.10. The Balaban J connectivity index is 1.86. The van der Waals surface area contributed by atoms with Crippen LogP contribution < -0.4 is 10.1 Å². The Morgan fingerprint density at radius 1 is 1.26 bits per heavy atom. The normalized spacial score (nSPS) is 15.4. The van der Waals surface area contributed by atoms with Crippen LogP contribution in [0.2, 0.25) is 0 Å². The second kappa shape index (κ2) is 7.79. The number of nitrogens with one attached hydrogen (secondary N) is 1. The third-order valence-electron chi connectivity index (χ3n) is 3.89. The Morgan fingerprint density at radius 2 is 1.96 bits per heavy atom. The van der Waals surface area contributed by atoms with Crippen LogP contribution in [0, 0.1) is 5.82 Å². The smallest absolute Gasteiger partial charge is 0.329 e. The Hall–Kier alpha value is -2.87. The van der Waals surface area contributed by atoms with E-state index in [2.05, 4.69) is 21.2 Å². The van der Waals surface area contributed by atoms with Gasteiger partial charge >= 0.3 is 6.03 Å². The summed E-state index contributed by atoms with van der Waals surface area (Å²) in [4.78, 5) is 25.8. The average Bonchev–Trinajstić information content (AvgIpc) is 2.88. The second-order valence-corrected chi connectivity index (χ2v) is 6.63. The van der Waals surface area contributed by atoms with Crippen molar-refractivity contribution < 1.29 is 23.8 Å². The van der Waals surface area contributed by atoms with Crippen molar-refractivity contribution in [3.63, 3.8) is 0 Å². The first kappa shape index (κ1) is 18.9. The lowest BCUT2D eigenvalue weighted by Gasteiger charge is -2.11. The van der Waals surface area contributed by atoms with Gasteiger partial charge in [-0.1, -0.05) is 28.1 Å². The number of aromatic hydroxyl groups is 1. The van der Waals surface area contributed by atoms with Crippen LogP contribution in [0.15, 0.2) is 46.6 Å². The maximum absolute atomic E-state index is 13.0. The van der Waals surface area contributed by atoms with Crippen LogP contribution in [0.25, 0.3) is 6.08 Å². The summed E-state index contributed by atoms with van der Waals surface area (Å²) in [5, 5.41) is 12.4. The third-order valence-corrected chi connectivity index (χ3v) is 4.58. The summed E-state index contributed by atoms with van der Waals surface area (Å²) in [6.45, 7) is 2.18. The van der Waals surface area contributed by atoms with E-state index >= 15 is 0 Å². The number of phenolic OH excluding ortho intramolecular Hbond substituents is 1. The number of halogens is 2. The number of urea groups is 1. The van der Waals surface area contributed by atoms with Crippen molar-refractivity contribution in [2.24, 2.45) is 0 Å². The van der Waals surface area contributed by atoms with Gasteiger partial charge in [0.05, 0.1) is 13.2 Å². The number of amides is 3. The lowest BCUT2D eigenvalue weighted by Crippen LogP contribution is -2.30. The molecule has 0 saturated carbocycles. The summed E-state index contributed by atoms with van der Waals surface area (Å²) in [6, 6.07) is 8.04. The monoisotopic (exact) mass is 434 g/mol. The fourth-order valence-electron chi connectivity index (χ4n) is 2.58. The van der Waals surface area contributed by atoms with Crippen molar-refractivity contribution in [3.8, 4) is 11.5 Å². The van der Waals surface area contributed by atoms with Crippen molar-refractivity contribution in [2.75, 3.05) is 6.61 Å². The standard InChI is InChI=1S/C19H16BrFN2O4/c1-2-27-17-8-12(14(20)9-16(17)24)7-15-18(25)23(19(26)22-15)10-11-3-5-13(21)6-4-11/h3-9,24H,2,10H2,1H3,(H,22,26)/b15-7+. The zero-order valence-corrected chi connectivity index (χ0v) is 15.9. The molecule has 1 heterocycles. The molecule has 2 aromatic rings. The summed E-state index contributed by atoms with van der Waals surface area (Å²) in [7, 11) is 0. The number of imide groups is 1. The maximum Gasteiger partial charge on any atom is 0.329 e. The quantitative estimate of drug-likeness (QED) is 0.554. The van der Waals surface area contributed by atoms with Crippen LogP contribution in [-0.2, 0) is 11.3 Å². The minimum atomic E-state index is -0.560. The van der Waals surface area contributed by atoms with E-state index in [4.69, 9.17) is 4.74 Å². The van der Waals surface area contributed by atoms with Gasteiger partial charge in [0.2, 0.25) is 0 Å². The highest BCUT2D eigenvalue weighted by Crippen LogP contribution is 2.34. The molecular weight excluding hydrogens is 419 g/mol. The minimum Gasteiger partial charge on any atom is -0.504 e. The van der Waals surface area contributed by atoms with Crippen molar-refractivity contribution in [1.82, 2.24) is 10.2 Å². The highest BCUT2D eigenvalue weighted by Gasteiger charge is 2.33. The molecule has 0 unspecified atom stereocenters. The summed E-state index contributed by atoms with van der Waals surface area (Å²) in [6.07, 6.45) is 1.50. The zero-order chi connectivity index (χ0) is 19.6. The first-order valence-corrected chi connectivity index (χ1v) is 8.92. The van der Waals surface area contributed by atoms with Crippen LogP contribution in [0.1, 0.15) is 18.1 Å². The molecule has 27 heavy (non-hydrogen) atoms. The molecule has 0 radical (unpaired) electrons. The fraction of sp³-hybridized carbons (Fsp3) is 0.158. The largest absolute Gasteiger partial charge is 0.504 e. The average molecular weight is 435 g/mol. The molecule has 1 aliphatic rings. The van der Waals surface area contributed by atoms with Crippen molar-refractivity contribution in [3.05, 3.63) is 63.5 Å². The molecule has 140 valence electrons. The second-order valence-electron chi connectivity index (χ2n) is 5.78. The van der Waals surface area contributed by atoms with Gasteiger partial charge in [0.15, 0.2) is 11.5 Å². The number of rotatable bonds is 5. The molecule has 0 bridgehead atoms. The van der Waals surface area contributed by atoms with E-state index < -0.39 is 11.9 Å². The van der Waals surface area contributed by atoms with Gasteiger partial charge in [0, 0.05) is 4.47 Å². The van der Waals surface area contributed by atoms with Crippen molar-refractivity contribution in [2.45, 2.75) is 13.5 Å². The molecule has 2 aromatic carbocycles. The molecule has 1 aliphatic heterocycles. The van der Waals surface area contributed by atoms with Gasteiger partial charge in [-0.15, -0.1) is 0 Å². The topological polar surface area (TPSA) is 78.9 Å². The Kier molecular flexibility index (Phi) is 5.46. The van der Waals surface area contributed by atoms with E-state index in [9.17, 15) is 19.1 Å². The van der Waals surface area contributed by atoms with E-state index in [1.165, 1.54) is 36.4 Å². The van der Waals surface area contributed by atoms with Gasteiger partial charge in [-0.25, -0.2) is 9.18 Å². The van der Waals surface area contributed by atoms with Gasteiger partial charge in [-0.05, 0) is 48.4 Å². The third kappa shape index (κ3) is 4.11. The van der Waals surface area contributed by atoms with Crippen molar-refractivity contribution in [1.29, 1.82) is 0 Å². The summed E-state index contributed by atoms with van der Waals surface area (Å²) >= 11 is 3.32. The molecule has 3 amide bonds. The number of carbonyl (C=O) groups excluding carboxylic acids is 2. The number of carbonyl (C=O) groups is 2. The fourth-order valence-corrected chi connectivity index (χ4v) is 3.03. The van der Waals surface area contributed by atoms with Gasteiger partial charge in [0.25, 0.3) is 5.91 Å². The van der Waals surface area contributed by atoms with Gasteiger partial charge < -0.3 is 15.2 Å². The van der Waals surface area contributed by atoms with Gasteiger partial charge in [-0.3, -0.25) is 9.69 Å². The summed E-state index contributed by atoms with van der Waals surface area (Å²) < 4.78 is 18.9. The van der Waals surface area contributed by atoms with Crippen LogP contribution in [0.4, 0.5) is 9.18 Å². The zero-order valence-electron chi connectivity index (χ0n) is 14.3. The van der Waals surface area contributed by atoms with E-state index in [1.54, 1.807) is 13.0 Å². The predicted molar refractivity (Wildman–Crippen MR) is 100 cm³/mol. The summed E-state index contributed by atoms with van der Waals surface area (Å²) in [5.74, 6) is -0.654. The number of hydrogen-bond acceptors (Lipinski definition) is 4. The molecule has 2 N–H and O–H groups in total. The first-order valence-electron chi connectivity index (χ1n) is 8.13. The van der Waals surface area contributed by atoms with Gasteiger partial charge in [0.1, 0.15) is 11.5 Å². The molecule has 1 saturated heterocycles. The van der Waals surface area contributed by atoms with Crippen LogP contribution in [0.3, 0.4) is 0 Å². The van der Waals surface area contributed by atoms with E-state index in [0.717, 1.165) is 4.90 Å². The molecule has 1 fully saturated rings. The minimum absolute atomic E-state index is 0.0310. The van der Waals surface area contributed by atoms with Gasteiger partial charge in [-0.2, -0.15) is 0 Å². The SMILES string of the molecule is CCOc1cc(/C=C2/NC(=O)N(Cc3ccc(F)cc3)C2=O)c(Br)cc1O. The lowest BCUT2D eigenvalue weighted by atomic mass is 10.1. The molecule has 0 atom stereocenters. The Morgan fingerprint density at radius 3 is 2.63 bits per heavy atom. The van der Waals surface area contributed by atoms with Crippen LogP contribution in [0.5, 0.6) is 11.5 Å². The Bertz CT molecular complexity index is 928. The molecule has 8 heteroatoms. The summed E-state index contributed by atoms with van der Waals surface area (Å²) in [5.41, 5.74) is 1.28. The number of ether oxygens (including phenoxy) is 1. The first-order chi connectivity index (χ1) is 12.9. The molecule has 0 aliphatic carbocycles. The van der Waals surface area contributed by atoms with Crippen molar-refractivity contribution >= 4 is 33.9 Å². The van der Waals surface area contributed by atoms with Crippen LogP contribution in [-0.4, -0.2) is 28.6 Å². The van der Waals surface area contributed by atoms with Crippen LogP contribution >= 0.6 is 15.9 Å². The number of nitrogens with zero attached hydrogens (tertiary/aromatic N) is 1. The molecule has 3 rings (SSSR count). The van der Waals surface area contributed by atoms with E-state index in [0.29, 0.717) is 22.2 Å². The Labute approximate surface area is 163 Å².